The maximum Gasteiger partial charge on any atom is 0.223 e. The fourth-order valence-electron chi connectivity index (χ4n) is 3.23. The Kier molecular flexibility index (Phi) is 2.87. The summed E-state index contributed by atoms with van der Waals surface area (Å²) in [6.45, 7) is 2.84. The number of carbonyl (C=O) groups is 1. The van der Waals surface area contributed by atoms with E-state index < -0.39 is 0 Å². The van der Waals surface area contributed by atoms with Gasteiger partial charge in [-0.1, -0.05) is 6.92 Å². The summed E-state index contributed by atoms with van der Waals surface area (Å²) >= 11 is 0. The molecule has 4 heteroatoms. The third-order valence-electron chi connectivity index (χ3n) is 4.73. The van der Waals surface area contributed by atoms with E-state index in [1.165, 1.54) is 12.8 Å². The van der Waals surface area contributed by atoms with E-state index in [0.29, 0.717) is 11.8 Å². The van der Waals surface area contributed by atoms with E-state index in [1.807, 2.05) is 6.92 Å². The Bertz CT molecular complexity index is 317. The Morgan fingerprint density at radius 1 is 1.41 bits per heavy atom. The molecule has 0 spiro atoms. The molecule has 4 nitrogen and oxygen atoms in total. The molecule has 5 atom stereocenters. The maximum atomic E-state index is 12.0. The summed E-state index contributed by atoms with van der Waals surface area (Å²) in [6, 6.07) is 0.143. The molecular weight excluding hydrogens is 216 g/mol. The number of nitrogens with two attached hydrogens (primary N) is 1. The van der Waals surface area contributed by atoms with Crippen LogP contribution in [0, 0.1) is 17.8 Å². The van der Waals surface area contributed by atoms with Crippen LogP contribution in [-0.2, 0) is 9.53 Å². The average Bonchev–Trinajstić information content (AvgIpc) is 3.18. The zero-order chi connectivity index (χ0) is 12.0. The van der Waals surface area contributed by atoms with Crippen molar-refractivity contribution in [1.29, 1.82) is 0 Å². The van der Waals surface area contributed by atoms with E-state index >= 15 is 0 Å². The molecule has 0 aromatic carbocycles. The lowest BCUT2D eigenvalue weighted by atomic mass is 9.68. The molecule has 5 unspecified atom stereocenters. The molecule has 1 amide bonds. The molecule has 3 fully saturated rings. The highest BCUT2D eigenvalue weighted by atomic mass is 16.5. The van der Waals surface area contributed by atoms with Gasteiger partial charge >= 0.3 is 0 Å². The number of rotatable bonds is 3. The predicted molar refractivity (Wildman–Crippen MR) is 64.3 cm³/mol. The first-order valence-corrected chi connectivity index (χ1v) is 6.86. The summed E-state index contributed by atoms with van der Waals surface area (Å²) in [7, 11) is 0. The van der Waals surface area contributed by atoms with Crippen LogP contribution in [0.1, 0.15) is 32.6 Å². The van der Waals surface area contributed by atoms with Crippen LogP contribution in [-0.4, -0.2) is 30.7 Å². The monoisotopic (exact) mass is 238 g/mol. The van der Waals surface area contributed by atoms with Crippen molar-refractivity contribution >= 4 is 5.91 Å². The molecular formula is C13H22N2O2. The number of carbonyl (C=O) groups excluding carboxylic acids is 1. The van der Waals surface area contributed by atoms with E-state index in [1.54, 1.807) is 0 Å². The highest BCUT2D eigenvalue weighted by Crippen LogP contribution is 2.39. The Labute approximate surface area is 102 Å². The maximum absolute atomic E-state index is 12.0. The second-order valence-corrected chi connectivity index (χ2v) is 5.88. The van der Waals surface area contributed by atoms with Gasteiger partial charge in [0.05, 0.1) is 12.1 Å². The average molecular weight is 238 g/mol. The zero-order valence-electron chi connectivity index (χ0n) is 10.4. The van der Waals surface area contributed by atoms with Crippen LogP contribution < -0.4 is 11.1 Å². The van der Waals surface area contributed by atoms with Gasteiger partial charge in [-0.3, -0.25) is 4.79 Å². The molecule has 1 aliphatic heterocycles. The van der Waals surface area contributed by atoms with Crippen molar-refractivity contribution < 1.29 is 9.53 Å². The highest BCUT2D eigenvalue weighted by molar-refractivity contribution is 5.79. The van der Waals surface area contributed by atoms with E-state index in [-0.39, 0.29) is 30.0 Å². The van der Waals surface area contributed by atoms with E-state index in [2.05, 4.69) is 5.32 Å². The predicted octanol–water partition coefficient (Wildman–Crippen LogP) is 0.653. The summed E-state index contributed by atoms with van der Waals surface area (Å²) < 4.78 is 5.72. The Balaban J connectivity index is 1.56. The van der Waals surface area contributed by atoms with Gasteiger partial charge in [0.2, 0.25) is 5.91 Å². The number of amides is 1. The molecule has 0 bridgehead atoms. The standard InChI is InChI=1S/C13H22N2O2/c1-7(8-4-5-8)13(16)15-11-10(14)9-3-2-6-17-12(9)11/h7-12H,2-6,14H2,1H3,(H,15,16). The van der Waals surface area contributed by atoms with E-state index in [4.69, 9.17) is 10.5 Å². The molecule has 17 heavy (non-hydrogen) atoms. The number of hydrogen-bond acceptors (Lipinski definition) is 3. The summed E-state index contributed by atoms with van der Waals surface area (Å²) in [5, 5.41) is 3.10. The lowest BCUT2D eigenvalue weighted by Crippen LogP contribution is -2.72. The third-order valence-corrected chi connectivity index (χ3v) is 4.73. The van der Waals surface area contributed by atoms with Crippen LogP contribution in [0.3, 0.4) is 0 Å². The lowest BCUT2D eigenvalue weighted by molar-refractivity contribution is -0.142. The lowest BCUT2D eigenvalue weighted by Gasteiger charge is -2.52. The number of nitrogens with one attached hydrogen (secondary N) is 1. The third kappa shape index (κ3) is 1.97. The van der Waals surface area contributed by atoms with Crippen LogP contribution in [0.5, 0.6) is 0 Å². The molecule has 3 rings (SSSR count). The first-order chi connectivity index (χ1) is 8.18. The fraction of sp³-hybridized carbons (Fsp3) is 0.923. The molecule has 2 saturated carbocycles. The smallest absolute Gasteiger partial charge is 0.223 e. The summed E-state index contributed by atoms with van der Waals surface area (Å²) in [5.74, 6) is 1.38. The molecule has 1 heterocycles. The van der Waals surface area contributed by atoms with Crippen molar-refractivity contribution in [2.45, 2.75) is 50.8 Å². The topological polar surface area (TPSA) is 64.4 Å². The van der Waals surface area contributed by atoms with Crippen molar-refractivity contribution in [1.82, 2.24) is 5.32 Å². The van der Waals surface area contributed by atoms with Gasteiger partial charge in [-0.15, -0.1) is 0 Å². The SMILES string of the molecule is CC(C(=O)NC1C(N)C2CCCOC21)C1CC1. The van der Waals surface area contributed by atoms with Crippen molar-refractivity contribution in [3.63, 3.8) is 0 Å². The quantitative estimate of drug-likeness (QED) is 0.759. The van der Waals surface area contributed by atoms with Gasteiger partial charge in [0, 0.05) is 24.5 Å². The van der Waals surface area contributed by atoms with Crippen LogP contribution in [0.25, 0.3) is 0 Å². The van der Waals surface area contributed by atoms with Gasteiger partial charge in [-0.2, -0.15) is 0 Å². The first kappa shape index (κ1) is 11.5. The Morgan fingerprint density at radius 3 is 2.88 bits per heavy atom. The van der Waals surface area contributed by atoms with Crippen molar-refractivity contribution in [3.8, 4) is 0 Å². The second-order valence-electron chi connectivity index (χ2n) is 5.88. The zero-order valence-corrected chi connectivity index (χ0v) is 10.4. The highest BCUT2D eigenvalue weighted by Gasteiger charge is 2.51. The van der Waals surface area contributed by atoms with E-state index in [0.717, 1.165) is 19.4 Å². The number of ether oxygens (including phenoxy) is 1. The summed E-state index contributed by atoms with van der Waals surface area (Å²) in [4.78, 5) is 12.0. The Hall–Kier alpha value is -0.610. The minimum atomic E-state index is 0.0500. The molecule has 2 aliphatic carbocycles. The Morgan fingerprint density at radius 2 is 2.18 bits per heavy atom. The second kappa shape index (κ2) is 4.25. The van der Waals surface area contributed by atoms with Gasteiger partial charge < -0.3 is 15.8 Å². The number of hydrogen-bond donors (Lipinski definition) is 2. The first-order valence-electron chi connectivity index (χ1n) is 6.86. The van der Waals surface area contributed by atoms with Crippen LogP contribution >= 0.6 is 0 Å². The van der Waals surface area contributed by atoms with Crippen LogP contribution in [0.2, 0.25) is 0 Å². The minimum absolute atomic E-state index is 0.0500. The van der Waals surface area contributed by atoms with Gasteiger partial charge in [0.25, 0.3) is 0 Å². The summed E-state index contributed by atoms with van der Waals surface area (Å²) in [6.07, 6.45) is 4.83. The van der Waals surface area contributed by atoms with Crippen molar-refractivity contribution in [3.05, 3.63) is 0 Å². The van der Waals surface area contributed by atoms with Crippen molar-refractivity contribution in [2.24, 2.45) is 23.5 Å². The van der Waals surface area contributed by atoms with Gasteiger partial charge in [0.15, 0.2) is 0 Å². The largest absolute Gasteiger partial charge is 0.376 e. The minimum Gasteiger partial charge on any atom is -0.376 e. The van der Waals surface area contributed by atoms with Gasteiger partial charge in [-0.05, 0) is 31.6 Å². The summed E-state index contributed by atoms with van der Waals surface area (Å²) in [5.41, 5.74) is 6.12. The van der Waals surface area contributed by atoms with Crippen LogP contribution in [0.15, 0.2) is 0 Å². The van der Waals surface area contributed by atoms with Gasteiger partial charge in [-0.25, -0.2) is 0 Å². The normalized spacial score (nSPS) is 42.2. The molecule has 0 radical (unpaired) electrons. The molecule has 3 N–H and O–H groups in total. The van der Waals surface area contributed by atoms with Crippen LogP contribution in [0.4, 0.5) is 0 Å². The van der Waals surface area contributed by atoms with Gasteiger partial charge in [0.1, 0.15) is 0 Å². The molecule has 3 aliphatic rings. The molecule has 0 aromatic rings. The van der Waals surface area contributed by atoms with Crippen molar-refractivity contribution in [2.75, 3.05) is 6.61 Å². The molecule has 1 saturated heterocycles. The number of fused-ring (bicyclic) bond motifs is 1. The van der Waals surface area contributed by atoms with E-state index in [9.17, 15) is 4.79 Å². The molecule has 0 aromatic heterocycles. The molecule has 96 valence electrons. The fourth-order valence-corrected chi connectivity index (χ4v) is 3.23.